The van der Waals surface area contributed by atoms with Crippen LogP contribution in [0.2, 0.25) is 10.0 Å². The van der Waals surface area contributed by atoms with Crippen LogP contribution in [-0.4, -0.2) is 0 Å². The zero-order chi connectivity index (χ0) is 37.8. The third kappa shape index (κ3) is 15.8. The molecular weight excluding hydrogens is 686 g/mol. The Hall–Kier alpha value is -3.79. The maximum atomic E-state index is 13.1. The monoisotopic (exact) mass is 744 g/mol. The number of halogens is 3. The van der Waals surface area contributed by atoms with Gasteiger partial charge in [0, 0.05) is 0 Å². The lowest BCUT2D eigenvalue weighted by molar-refractivity contribution is 0.305. The molecule has 5 aromatic rings. The summed E-state index contributed by atoms with van der Waals surface area (Å²) in [5.74, 6) is 1.09. The number of ether oxygens (including phenoxy) is 2. The van der Waals surface area contributed by atoms with Crippen LogP contribution in [0.4, 0.5) is 4.39 Å². The van der Waals surface area contributed by atoms with Crippen LogP contribution in [0.15, 0.2) is 115 Å². The second-order valence-corrected chi connectivity index (χ2v) is 17.0. The van der Waals surface area contributed by atoms with Crippen LogP contribution in [-0.2, 0) is 30.5 Å². The van der Waals surface area contributed by atoms with Crippen molar-refractivity contribution in [3.63, 3.8) is 0 Å². The largest absolute Gasteiger partial charge is 0.487 e. The molecular formula is C47H59Cl2FO2. The summed E-state index contributed by atoms with van der Waals surface area (Å²) in [5, 5.41) is 1.25. The predicted octanol–water partition coefficient (Wildman–Crippen LogP) is 14.8. The maximum Gasteiger partial charge on any atom is 0.138 e. The average molecular weight is 746 g/mol. The lowest BCUT2D eigenvalue weighted by Crippen LogP contribution is -2.10. The highest BCUT2D eigenvalue weighted by atomic mass is 35.5. The van der Waals surface area contributed by atoms with Crippen molar-refractivity contribution >= 4 is 23.2 Å². The summed E-state index contributed by atoms with van der Waals surface area (Å²) in [4.78, 5) is 0. The summed E-state index contributed by atoms with van der Waals surface area (Å²) in [7, 11) is 0. The Balaban J connectivity index is 0.000000279. The van der Waals surface area contributed by atoms with E-state index in [2.05, 4.69) is 130 Å². The van der Waals surface area contributed by atoms with Gasteiger partial charge < -0.3 is 9.47 Å². The van der Waals surface area contributed by atoms with Crippen molar-refractivity contribution in [1.29, 1.82) is 0 Å². The Kier molecular flexibility index (Phi) is 17.0. The molecule has 0 saturated carbocycles. The standard InChI is InChI=1S/C18H21ClO.C17H18ClFO.C11H16.CH4/c1-13-5-7-14(8-6-13)12-20-17-10-9-15(11-16(17)19)18(2,3)4;1-17(2,3)13-7-8-16(15(18)10-13)20-11-12-5-4-6-14(19)9-12;1-11(2,3)9-10-7-5-4-6-8-10;/h5-11H,12H2,1-4H3;4-10H,11H2,1-3H3;4-8H,9H2,1-3H3;1H4. The number of benzene rings is 5. The number of rotatable bonds is 7. The minimum Gasteiger partial charge on any atom is -0.487 e. The molecule has 0 heterocycles. The first-order valence-electron chi connectivity index (χ1n) is 17.5. The van der Waals surface area contributed by atoms with Crippen LogP contribution in [0, 0.1) is 18.2 Å². The zero-order valence-electron chi connectivity index (χ0n) is 32.0. The summed E-state index contributed by atoms with van der Waals surface area (Å²) in [6.45, 7) is 22.6. The Morgan fingerprint density at radius 2 is 0.981 bits per heavy atom. The average Bonchev–Trinajstić information content (AvgIpc) is 3.04. The van der Waals surface area contributed by atoms with E-state index in [4.69, 9.17) is 32.7 Å². The molecule has 0 aliphatic carbocycles. The van der Waals surface area contributed by atoms with Crippen LogP contribution in [0.1, 0.15) is 103 Å². The highest BCUT2D eigenvalue weighted by Crippen LogP contribution is 2.33. The Morgan fingerprint density at radius 3 is 1.40 bits per heavy atom. The van der Waals surface area contributed by atoms with E-state index in [-0.39, 0.29) is 24.1 Å². The van der Waals surface area contributed by atoms with E-state index in [1.54, 1.807) is 6.07 Å². The van der Waals surface area contributed by atoms with Gasteiger partial charge in [-0.25, -0.2) is 4.39 Å². The summed E-state index contributed by atoms with van der Waals surface area (Å²) in [6.07, 6.45) is 1.16. The third-order valence-electron chi connectivity index (χ3n) is 7.97. The molecule has 0 aromatic heterocycles. The van der Waals surface area contributed by atoms with Crippen LogP contribution in [0.25, 0.3) is 0 Å². The van der Waals surface area contributed by atoms with Crippen LogP contribution in [0.3, 0.4) is 0 Å². The predicted molar refractivity (Wildman–Crippen MR) is 223 cm³/mol. The van der Waals surface area contributed by atoms with Crippen molar-refractivity contribution in [3.8, 4) is 11.5 Å². The van der Waals surface area contributed by atoms with Crippen molar-refractivity contribution in [3.05, 3.63) is 165 Å². The Morgan fingerprint density at radius 1 is 0.519 bits per heavy atom. The summed E-state index contributed by atoms with van der Waals surface area (Å²) in [6, 6.07) is 37.1. The van der Waals surface area contributed by atoms with Gasteiger partial charge in [-0.05, 0) is 93.8 Å². The molecule has 0 aliphatic heterocycles. The molecule has 0 bridgehead atoms. The molecule has 0 unspecified atom stereocenters. The minimum atomic E-state index is -0.264. The highest BCUT2D eigenvalue weighted by Gasteiger charge is 2.17. The van der Waals surface area contributed by atoms with Gasteiger partial charge in [-0.3, -0.25) is 0 Å². The molecule has 0 N–H and O–H groups in total. The second-order valence-electron chi connectivity index (χ2n) is 16.2. The van der Waals surface area contributed by atoms with Gasteiger partial charge in [0.25, 0.3) is 0 Å². The van der Waals surface area contributed by atoms with Gasteiger partial charge in [0.15, 0.2) is 0 Å². The second kappa shape index (κ2) is 19.9. The molecule has 5 heteroatoms. The van der Waals surface area contributed by atoms with E-state index in [1.807, 2.05) is 36.4 Å². The summed E-state index contributed by atoms with van der Waals surface area (Å²) < 4.78 is 24.5. The van der Waals surface area contributed by atoms with E-state index in [0.29, 0.717) is 34.4 Å². The van der Waals surface area contributed by atoms with Gasteiger partial charge in [0.05, 0.1) is 10.0 Å². The van der Waals surface area contributed by atoms with Gasteiger partial charge in [0.1, 0.15) is 30.5 Å². The summed E-state index contributed by atoms with van der Waals surface area (Å²) in [5.41, 5.74) is 7.52. The van der Waals surface area contributed by atoms with Crippen molar-refractivity contribution < 1.29 is 13.9 Å². The third-order valence-corrected chi connectivity index (χ3v) is 8.56. The maximum absolute atomic E-state index is 13.1. The molecule has 2 nitrogen and oxygen atoms in total. The van der Waals surface area contributed by atoms with Gasteiger partial charge in [-0.15, -0.1) is 0 Å². The van der Waals surface area contributed by atoms with Gasteiger partial charge >= 0.3 is 0 Å². The number of aryl methyl sites for hydroxylation is 1. The smallest absolute Gasteiger partial charge is 0.138 e. The van der Waals surface area contributed by atoms with E-state index < -0.39 is 0 Å². The van der Waals surface area contributed by atoms with Gasteiger partial charge in [0.2, 0.25) is 0 Å². The molecule has 0 spiro atoms. The normalized spacial score (nSPS) is 11.2. The van der Waals surface area contributed by atoms with Crippen molar-refractivity contribution in [2.24, 2.45) is 5.41 Å². The quantitative estimate of drug-likeness (QED) is 0.165. The van der Waals surface area contributed by atoms with E-state index in [1.165, 1.54) is 28.8 Å². The van der Waals surface area contributed by atoms with E-state index >= 15 is 0 Å². The fraction of sp³-hybridized carbons (Fsp3) is 0.362. The van der Waals surface area contributed by atoms with Crippen LogP contribution in [0.5, 0.6) is 11.5 Å². The lowest BCUT2D eigenvalue weighted by atomic mass is 9.87. The first kappa shape index (κ1) is 44.4. The molecule has 0 atom stereocenters. The Labute approximate surface area is 324 Å². The van der Waals surface area contributed by atoms with Crippen molar-refractivity contribution in [2.45, 2.75) is 107 Å². The molecule has 5 aromatic carbocycles. The molecule has 0 radical (unpaired) electrons. The van der Waals surface area contributed by atoms with Gasteiger partial charge in [-0.2, -0.15) is 0 Å². The first-order valence-corrected chi connectivity index (χ1v) is 18.3. The minimum absolute atomic E-state index is 0. The van der Waals surface area contributed by atoms with Crippen molar-refractivity contribution in [2.75, 3.05) is 0 Å². The lowest BCUT2D eigenvalue weighted by Gasteiger charge is -2.20. The zero-order valence-corrected chi connectivity index (χ0v) is 33.6. The molecule has 280 valence electrons. The molecule has 0 aliphatic rings. The fourth-order valence-electron chi connectivity index (χ4n) is 5.01. The summed E-state index contributed by atoms with van der Waals surface area (Å²) >= 11 is 12.5. The molecule has 0 fully saturated rings. The van der Waals surface area contributed by atoms with Crippen molar-refractivity contribution in [1.82, 2.24) is 0 Å². The molecule has 52 heavy (non-hydrogen) atoms. The van der Waals surface area contributed by atoms with Crippen LogP contribution < -0.4 is 9.47 Å². The molecule has 5 rings (SSSR count). The fourth-order valence-corrected chi connectivity index (χ4v) is 5.48. The van der Waals surface area contributed by atoms with E-state index in [0.717, 1.165) is 28.9 Å². The van der Waals surface area contributed by atoms with E-state index in [9.17, 15) is 4.39 Å². The van der Waals surface area contributed by atoms with Gasteiger partial charge in [-0.1, -0.05) is 177 Å². The first-order chi connectivity index (χ1) is 23.8. The number of hydrogen-bond acceptors (Lipinski definition) is 2. The Bertz CT molecular complexity index is 1800. The SMILES string of the molecule is C.CC(C)(C)Cc1ccccc1.CC(C)(C)c1ccc(OCc2cccc(F)c2)c(Cl)c1.Cc1ccc(COc2ccc(C(C)(C)C)cc2Cl)cc1. The molecule has 0 saturated heterocycles. The topological polar surface area (TPSA) is 18.5 Å². The molecule has 0 amide bonds. The number of hydrogen-bond donors (Lipinski definition) is 0. The van der Waals surface area contributed by atoms with Crippen LogP contribution >= 0.6 is 23.2 Å². The highest BCUT2D eigenvalue weighted by molar-refractivity contribution is 6.32.